The first kappa shape index (κ1) is 18.6. The van der Waals surface area contributed by atoms with Crippen molar-refractivity contribution in [1.29, 1.82) is 0 Å². The van der Waals surface area contributed by atoms with E-state index in [1.54, 1.807) is 18.3 Å². The van der Waals surface area contributed by atoms with Crippen LogP contribution >= 0.6 is 11.3 Å². The predicted octanol–water partition coefficient (Wildman–Crippen LogP) is 2.72. The first-order valence-electron chi connectivity index (χ1n) is 9.76. The van der Waals surface area contributed by atoms with E-state index in [1.165, 1.54) is 5.56 Å². The van der Waals surface area contributed by atoms with Crippen LogP contribution in [0.5, 0.6) is 0 Å². The highest BCUT2D eigenvalue weighted by Crippen LogP contribution is 2.57. The molecular formula is C19H28N6OS. The van der Waals surface area contributed by atoms with E-state index >= 15 is 0 Å². The average molecular weight is 389 g/mol. The van der Waals surface area contributed by atoms with Crippen LogP contribution in [0.3, 0.4) is 0 Å². The molecule has 0 N–H and O–H groups in total. The van der Waals surface area contributed by atoms with E-state index in [4.69, 9.17) is 0 Å². The number of aromatic nitrogens is 4. The summed E-state index contributed by atoms with van der Waals surface area (Å²) in [5, 5.41) is 16.4. The minimum atomic E-state index is 0.196. The Hall–Kier alpha value is -1.80. The van der Waals surface area contributed by atoms with Gasteiger partial charge in [-0.05, 0) is 84.4 Å². The van der Waals surface area contributed by atoms with Crippen molar-refractivity contribution in [2.45, 2.75) is 65.2 Å². The smallest absolute Gasteiger partial charge is 0.220 e. The molecule has 0 unspecified atom stereocenters. The second-order valence-electron chi connectivity index (χ2n) is 8.27. The molecule has 7 nitrogen and oxygen atoms in total. The summed E-state index contributed by atoms with van der Waals surface area (Å²) in [5.74, 6) is 1.14. The quantitative estimate of drug-likeness (QED) is 0.761. The lowest BCUT2D eigenvalue weighted by atomic mass is 9.92. The summed E-state index contributed by atoms with van der Waals surface area (Å²) in [5.41, 5.74) is 1.57. The van der Waals surface area contributed by atoms with Gasteiger partial charge in [-0.1, -0.05) is 0 Å². The van der Waals surface area contributed by atoms with Crippen molar-refractivity contribution in [3.05, 3.63) is 28.2 Å². The van der Waals surface area contributed by atoms with E-state index in [9.17, 15) is 4.79 Å². The molecule has 1 atom stereocenters. The molecule has 2 aliphatic rings. The van der Waals surface area contributed by atoms with Gasteiger partial charge in [0.1, 0.15) is 0 Å². The molecule has 1 amide bonds. The minimum Gasteiger partial charge on any atom is -0.335 e. The lowest BCUT2D eigenvalue weighted by Gasteiger charge is -2.34. The zero-order valence-electron chi connectivity index (χ0n) is 16.3. The molecule has 4 rings (SSSR count). The number of tetrazole rings is 1. The predicted molar refractivity (Wildman–Crippen MR) is 104 cm³/mol. The molecule has 1 saturated heterocycles. The zero-order chi connectivity index (χ0) is 19.0. The van der Waals surface area contributed by atoms with E-state index in [0.717, 1.165) is 51.3 Å². The Morgan fingerprint density at radius 3 is 2.81 bits per heavy atom. The summed E-state index contributed by atoms with van der Waals surface area (Å²) in [7, 11) is 0. The molecule has 8 heteroatoms. The summed E-state index contributed by atoms with van der Waals surface area (Å²) in [6.07, 6.45) is 3.44. The van der Waals surface area contributed by atoms with Crippen molar-refractivity contribution in [1.82, 2.24) is 30.0 Å². The Balaban J connectivity index is 1.35. The normalized spacial score (nSPS) is 21.7. The highest BCUT2D eigenvalue weighted by molar-refractivity contribution is 7.07. The van der Waals surface area contributed by atoms with Gasteiger partial charge in [0, 0.05) is 19.5 Å². The molecule has 1 saturated carbocycles. The molecule has 27 heavy (non-hydrogen) atoms. The maximum Gasteiger partial charge on any atom is 0.220 e. The number of rotatable bonds is 6. The average Bonchev–Trinajstić information content (AvgIpc) is 3.02. The molecule has 1 spiro atoms. The summed E-state index contributed by atoms with van der Waals surface area (Å²) in [6, 6.07) is 2.80. The largest absolute Gasteiger partial charge is 0.335 e. The fraction of sp³-hybridized carbons (Fsp3) is 0.684. The number of thiophene rings is 1. The molecule has 2 aromatic rings. The fourth-order valence-corrected chi connectivity index (χ4v) is 5.06. The lowest BCUT2D eigenvalue weighted by Crippen LogP contribution is -2.40. The number of likely N-dealkylation sites (tertiary alicyclic amines) is 1. The molecule has 0 bridgehead atoms. The van der Waals surface area contributed by atoms with Gasteiger partial charge < -0.3 is 4.90 Å². The Bertz CT molecular complexity index is 778. The lowest BCUT2D eigenvalue weighted by molar-refractivity contribution is -0.130. The highest BCUT2D eigenvalue weighted by Gasteiger charge is 2.58. The third-order valence-corrected chi connectivity index (χ3v) is 6.86. The van der Waals surface area contributed by atoms with Crippen LogP contribution in [0.2, 0.25) is 0 Å². The van der Waals surface area contributed by atoms with Gasteiger partial charge in [-0.15, -0.1) is 5.10 Å². The van der Waals surface area contributed by atoms with Crippen molar-refractivity contribution < 1.29 is 4.79 Å². The van der Waals surface area contributed by atoms with Crippen LogP contribution in [0, 0.1) is 5.41 Å². The summed E-state index contributed by atoms with van der Waals surface area (Å²) in [6.45, 7) is 9.55. The van der Waals surface area contributed by atoms with Crippen LogP contribution < -0.4 is 0 Å². The van der Waals surface area contributed by atoms with Crippen molar-refractivity contribution in [2.24, 2.45) is 5.41 Å². The van der Waals surface area contributed by atoms with Gasteiger partial charge in [-0.25, -0.2) is 4.68 Å². The van der Waals surface area contributed by atoms with Crippen molar-refractivity contribution in [2.75, 3.05) is 13.1 Å². The molecule has 1 aliphatic carbocycles. The number of hydrogen-bond donors (Lipinski definition) is 0. The Kier molecular flexibility index (Phi) is 5.03. The van der Waals surface area contributed by atoms with Crippen LogP contribution in [0.4, 0.5) is 0 Å². The van der Waals surface area contributed by atoms with Crippen molar-refractivity contribution >= 4 is 17.2 Å². The second kappa shape index (κ2) is 7.31. The second-order valence-corrected chi connectivity index (χ2v) is 9.05. The van der Waals surface area contributed by atoms with Gasteiger partial charge >= 0.3 is 0 Å². The van der Waals surface area contributed by atoms with Crippen molar-refractivity contribution in [3.8, 4) is 0 Å². The van der Waals surface area contributed by atoms with E-state index in [-0.39, 0.29) is 11.9 Å². The van der Waals surface area contributed by atoms with E-state index < -0.39 is 0 Å². The third-order valence-electron chi connectivity index (χ3n) is 6.13. The topological polar surface area (TPSA) is 67.2 Å². The van der Waals surface area contributed by atoms with Gasteiger partial charge in [0.2, 0.25) is 5.91 Å². The van der Waals surface area contributed by atoms with Gasteiger partial charge in [-0.3, -0.25) is 9.69 Å². The Morgan fingerprint density at radius 2 is 2.19 bits per heavy atom. The van der Waals surface area contributed by atoms with Crippen LogP contribution in [0.25, 0.3) is 0 Å². The first-order valence-corrected chi connectivity index (χ1v) is 10.7. The van der Waals surface area contributed by atoms with Gasteiger partial charge in [0.15, 0.2) is 5.82 Å². The Labute approximate surface area is 164 Å². The standard InChI is InChI=1S/C19H28N6OS/c1-14(2)25-18(20-21-22-25)12-23-7-5-19(6-8-23)10-17(19)24(15(3)26)11-16-4-9-27-13-16/h4,9,13-14,17H,5-8,10-12H2,1-3H3/t17-/m0/s1. The molecule has 1 aliphatic heterocycles. The maximum absolute atomic E-state index is 12.2. The van der Waals surface area contributed by atoms with E-state index in [2.05, 4.69) is 56.0 Å². The number of piperidine rings is 1. The van der Waals surface area contributed by atoms with Crippen LogP contribution in [0.1, 0.15) is 57.5 Å². The van der Waals surface area contributed by atoms with Crippen LogP contribution in [-0.4, -0.2) is 55.0 Å². The molecule has 3 heterocycles. The summed E-state index contributed by atoms with van der Waals surface area (Å²) >= 11 is 1.69. The fourth-order valence-electron chi connectivity index (χ4n) is 4.40. The van der Waals surface area contributed by atoms with E-state index in [0.29, 0.717) is 11.5 Å². The molecule has 2 aromatic heterocycles. The van der Waals surface area contributed by atoms with Crippen LogP contribution in [0.15, 0.2) is 16.8 Å². The van der Waals surface area contributed by atoms with Gasteiger partial charge in [0.25, 0.3) is 0 Å². The highest BCUT2D eigenvalue weighted by atomic mass is 32.1. The number of amides is 1. The molecule has 146 valence electrons. The zero-order valence-corrected chi connectivity index (χ0v) is 17.2. The molecular weight excluding hydrogens is 360 g/mol. The molecule has 0 aromatic carbocycles. The van der Waals surface area contributed by atoms with Crippen molar-refractivity contribution in [3.63, 3.8) is 0 Å². The Morgan fingerprint density at radius 1 is 1.41 bits per heavy atom. The molecule has 2 fully saturated rings. The molecule has 0 radical (unpaired) electrons. The summed E-state index contributed by atoms with van der Waals surface area (Å²) < 4.78 is 1.91. The number of hydrogen-bond acceptors (Lipinski definition) is 6. The number of nitrogens with zero attached hydrogens (tertiary/aromatic N) is 6. The number of carbonyl (C=O) groups is 1. The van der Waals surface area contributed by atoms with Crippen LogP contribution in [-0.2, 0) is 17.9 Å². The number of carbonyl (C=O) groups excluding carboxylic acids is 1. The first-order chi connectivity index (χ1) is 13.0. The van der Waals surface area contributed by atoms with Gasteiger partial charge in [0.05, 0.1) is 12.6 Å². The monoisotopic (exact) mass is 388 g/mol. The van der Waals surface area contributed by atoms with Gasteiger partial charge in [-0.2, -0.15) is 11.3 Å². The third kappa shape index (κ3) is 3.78. The SMILES string of the molecule is CC(=O)N(Cc1ccsc1)[C@H]1CC12CCN(Cc1nnnn1C(C)C)CC2. The summed E-state index contributed by atoms with van der Waals surface area (Å²) in [4.78, 5) is 16.8. The maximum atomic E-state index is 12.2. The minimum absolute atomic E-state index is 0.196. The van der Waals surface area contributed by atoms with E-state index in [1.807, 2.05) is 4.68 Å².